The molecule has 0 radical (unpaired) electrons. The highest BCUT2D eigenvalue weighted by atomic mass is 19.1. The van der Waals surface area contributed by atoms with Gasteiger partial charge in [0.25, 0.3) is 0 Å². The van der Waals surface area contributed by atoms with Gasteiger partial charge < -0.3 is 15.8 Å². The summed E-state index contributed by atoms with van der Waals surface area (Å²) >= 11 is 0. The summed E-state index contributed by atoms with van der Waals surface area (Å²) in [5.74, 6) is 5.27. The molecule has 0 unspecified atom stereocenters. The molecule has 0 fully saturated rings. The van der Waals surface area contributed by atoms with Gasteiger partial charge in [-0.15, -0.1) is 0 Å². The van der Waals surface area contributed by atoms with Crippen LogP contribution >= 0.6 is 0 Å². The van der Waals surface area contributed by atoms with E-state index in [0.717, 1.165) is 5.56 Å². The van der Waals surface area contributed by atoms with Crippen LogP contribution in [0.4, 0.5) is 14.9 Å². The molecule has 0 saturated carbocycles. The average molecular weight is 292 g/mol. The lowest BCUT2D eigenvalue weighted by molar-refractivity contribution is 0.0529. The Morgan fingerprint density at radius 3 is 2.71 bits per heavy atom. The van der Waals surface area contributed by atoms with Crippen molar-refractivity contribution in [3.8, 4) is 11.8 Å². The lowest BCUT2D eigenvalue weighted by Crippen LogP contribution is -2.32. The molecule has 0 atom stereocenters. The van der Waals surface area contributed by atoms with E-state index >= 15 is 0 Å². The van der Waals surface area contributed by atoms with Gasteiger partial charge in [0.05, 0.1) is 5.69 Å². The number of carbonyl (C=O) groups is 1. The molecule has 1 aromatic carbocycles. The van der Waals surface area contributed by atoms with Crippen molar-refractivity contribution in [2.45, 2.75) is 39.7 Å². The Kier molecular flexibility index (Phi) is 5.60. The lowest BCUT2D eigenvalue weighted by Gasteiger charge is -2.19. The summed E-state index contributed by atoms with van der Waals surface area (Å²) in [7, 11) is 0. The van der Waals surface area contributed by atoms with Crippen LogP contribution < -0.4 is 11.1 Å². The van der Waals surface area contributed by atoms with Gasteiger partial charge in [-0.2, -0.15) is 0 Å². The van der Waals surface area contributed by atoms with E-state index in [0.29, 0.717) is 18.5 Å². The molecule has 0 saturated heterocycles. The highest BCUT2D eigenvalue weighted by Crippen LogP contribution is 2.16. The second-order valence-corrected chi connectivity index (χ2v) is 5.67. The first-order valence-electron chi connectivity index (χ1n) is 6.70. The van der Waals surface area contributed by atoms with Gasteiger partial charge in [0, 0.05) is 18.5 Å². The third-order valence-corrected chi connectivity index (χ3v) is 2.48. The Morgan fingerprint density at radius 1 is 1.43 bits per heavy atom. The van der Waals surface area contributed by atoms with Crippen LogP contribution in [0.3, 0.4) is 0 Å². The molecule has 1 aromatic rings. The number of rotatable bonds is 2. The van der Waals surface area contributed by atoms with Crippen molar-refractivity contribution in [1.29, 1.82) is 0 Å². The van der Waals surface area contributed by atoms with E-state index in [9.17, 15) is 9.18 Å². The molecule has 1 rings (SSSR count). The molecule has 21 heavy (non-hydrogen) atoms. The van der Waals surface area contributed by atoms with Crippen molar-refractivity contribution in [3.05, 3.63) is 29.1 Å². The first-order valence-corrected chi connectivity index (χ1v) is 6.70. The van der Waals surface area contributed by atoms with E-state index in [1.54, 1.807) is 26.8 Å². The number of alkyl carbamates (subject to hydrolysis) is 1. The maximum atomic E-state index is 13.3. The minimum atomic E-state index is -0.519. The zero-order valence-electron chi connectivity index (χ0n) is 12.8. The molecule has 4 nitrogen and oxygen atoms in total. The van der Waals surface area contributed by atoms with Crippen molar-refractivity contribution in [1.82, 2.24) is 5.32 Å². The Morgan fingerprint density at radius 2 is 2.10 bits per heavy atom. The van der Waals surface area contributed by atoms with Gasteiger partial charge in [0.2, 0.25) is 0 Å². The predicted molar refractivity (Wildman–Crippen MR) is 81.3 cm³/mol. The smallest absolute Gasteiger partial charge is 0.407 e. The molecule has 114 valence electrons. The summed E-state index contributed by atoms with van der Waals surface area (Å²) in [5, 5.41) is 2.60. The largest absolute Gasteiger partial charge is 0.444 e. The monoisotopic (exact) mass is 292 g/mol. The molecule has 0 aliphatic heterocycles. The van der Waals surface area contributed by atoms with Gasteiger partial charge in [-0.05, 0) is 45.4 Å². The number of anilines is 1. The number of aryl methyl sites for hydroxylation is 1. The highest BCUT2D eigenvalue weighted by molar-refractivity contribution is 5.67. The van der Waals surface area contributed by atoms with Crippen LogP contribution in [0.2, 0.25) is 0 Å². The molecule has 1 amide bonds. The number of ether oxygens (including phenoxy) is 1. The SMILES string of the molecule is Cc1cc(N)c(F)cc1C#CCCNC(=O)OC(C)(C)C. The van der Waals surface area contributed by atoms with E-state index in [-0.39, 0.29) is 5.69 Å². The van der Waals surface area contributed by atoms with Crippen molar-refractivity contribution < 1.29 is 13.9 Å². The maximum Gasteiger partial charge on any atom is 0.407 e. The average Bonchev–Trinajstić information content (AvgIpc) is 2.32. The molecule has 0 spiro atoms. The van der Waals surface area contributed by atoms with Crippen LogP contribution in [0.5, 0.6) is 0 Å². The molecular weight excluding hydrogens is 271 g/mol. The third-order valence-electron chi connectivity index (χ3n) is 2.48. The van der Waals surface area contributed by atoms with Crippen molar-refractivity contribution >= 4 is 11.8 Å². The van der Waals surface area contributed by atoms with E-state index in [1.165, 1.54) is 6.07 Å². The van der Waals surface area contributed by atoms with Crippen LogP contribution in [-0.4, -0.2) is 18.2 Å². The van der Waals surface area contributed by atoms with Crippen molar-refractivity contribution in [2.24, 2.45) is 0 Å². The molecule has 0 bridgehead atoms. The highest BCUT2D eigenvalue weighted by Gasteiger charge is 2.15. The summed E-state index contributed by atoms with van der Waals surface area (Å²) < 4.78 is 18.4. The van der Waals surface area contributed by atoms with Gasteiger partial charge in [0.15, 0.2) is 0 Å². The number of hydrogen-bond acceptors (Lipinski definition) is 3. The first kappa shape index (κ1) is 16.8. The second kappa shape index (κ2) is 6.98. The molecule has 0 heterocycles. The second-order valence-electron chi connectivity index (χ2n) is 5.67. The molecule has 5 heteroatoms. The predicted octanol–water partition coefficient (Wildman–Crippen LogP) is 2.98. The maximum absolute atomic E-state index is 13.3. The third kappa shape index (κ3) is 6.17. The minimum Gasteiger partial charge on any atom is -0.444 e. The van der Waals surface area contributed by atoms with Gasteiger partial charge in [0.1, 0.15) is 11.4 Å². The van der Waals surface area contributed by atoms with Crippen LogP contribution in [0, 0.1) is 24.6 Å². The number of hydrogen-bond donors (Lipinski definition) is 2. The number of carbonyl (C=O) groups excluding carboxylic acids is 1. The number of halogens is 1. The summed E-state index contributed by atoms with van der Waals surface area (Å²) in [6.07, 6.45) is -0.0241. The van der Waals surface area contributed by atoms with Crippen molar-refractivity contribution in [2.75, 3.05) is 12.3 Å². The van der Waals surface area contributed by atoms with Crippen molar-refractivity contribution in [3.63, 3.8) is 0 Å². The van der Waals surface area contributed by atoms with E-state index in [1.807, 2.05) is 6.92 Å². The fourth-order valence-corrected chi connectivity index (χ4v) is 1.54. The van der Waals surface area contributed by atoms with Crippen LogP contribution in [0.25, 0.3) is 0 Å². The number of nitrogens with one attached hydrogen (secondary N) is 1. The quantitative estimate of drug-likeness (QED) is 0.500. The zero-order valence-corrected chi connectivity index (χ0v) is 12.8. The number of amides is 1. The summed E-state index contributed by atoms with van der Waals surface area (Å²) in [5.41, 5.74) is 6.48. The lowest BCUT2D eigenvalue weighted by atomic mass is 10.1. The fourth-order valence-electron chi connectivity index (χ4n) is 1.54. The summed E-state index contributed by atoms with van der Waals surface area (Å²) in [4.78, 5) is 11.4. The number of benzene rings is 1. The molecular formula is C16H21FN2O2. The van der Waals surface area contributed by atoms with E-state index in [4.69, 9.17) is 10.5 Å². The first-order chi connectivity index (χ1) is 9.69. The molecule has 0 aromatic heterocycles. The zero-order chi connectivity index (χ0) is 16.0. The topological polar surface area (TPSA) is 64.3 Å². The molecule has 3 N–H and O–H groups in total. The molecule has 0 aliphatic rings. The summed E-state index contributed by atoms with van der Waals surface area (Å²) in [6, 6.07) is 2.87. The Hall–Kier alpha value is -2.22. The van der Waals surface area contributed by atoms with E-state index < -0.39 is 17.5 Å². The van der Waals surface area contributed by atoms with Crippen LogP contribution in [0.15, 0.2) is 12.1 Å². The minimum absolute atomic E-state index is 0.115. The number of nitrogen functional groups attached to an aromatic ring is 1. The van der Waals surface area contributed by atoms with Gasteiger partial charge in [-0.1, -0.05) is 11.8 Å². The summed E-state index contributed by atoms with van der Waals surface area (Å²) in [6.45, 7) is 7.58. The fraction of sp³-hybridized carbons (Fsp3) is 0.438. The van der Waals surface area contributed by atoms with Gasteiger partial charge >= 0.3 is 6.09 Å². The Balaban J connectivity index is 2.48. The van der Waals surface area contributed by atoms with Gasteiger partial charge in [-0.25, -0.2) is 9.18 Å². The van der Waals surface area contributed by atoms with E-state index in [2.05, 4.69) is 17.2 Å². The Labute approximate surface area is 124 Å². The number of nitrogens with two attached hydrogens (primary N) is 1. The van der Waals surface area contributed by atoms with Gasteiger partial charge in [-0.3, -0.25) is 0 Å². The van der Waals surface area contributed by atoms with Crippen LogP contribution in [0.1, 0.15) is 38.3 Å². The Bertz CT molecular complexity index is 580. The molecule has 0 aliphatic carbocycles. The normalized spacial score (nSPS) is 10.5. The van der Waals surface area contributed by atoms with Crippen LogP contribution in [-0.2, 0) is 4.74 Å². The standard InChI is InChI=1S/C16H21FN2O2/c1-11-9-14(18)13(17)10-12(11)7-5-6-8-19-15(20)21-16(2,3)4/h9-10H,6,8,18H2,1-4H3,(H,19,20).